The van der Waals surface area contributed by atoms with Crippen LogP contribution < -0.4 is 10.4 Å². The van der Waals surface area contributed by atoms with Crippen molar-refractivity contribution in [2.24, 2.45) is 11.8 Å². The molecular weight excluding hydrogens is 452 g/mol. The Bertz CT molecular complexity index is 923. The zero-order chi connectivity index (χ0) is 26.1. The Kier molecular flexibility index (Phi) is 10.8. The maximum absolute atomic E-state index is 12.5. The van der Waals surface area contributed by atoms with Crippen molar-refractivity contribution >= 4 is 36.0 Å². The first kappa shape index (κ1) is 28.9. The highest BCUT2D eigenvalue weighted by Crippen LogP contribution is 2.36. The van der Waals surface area contributed by atoms with E-state index in [4.69, 9.17) is 4.43 Å². The molecule has 2 rings (SSSR count). The topological polar surface area (TPSA) is 60.4 Å². The van der Waals surface area contributed by atoms with E-state index >= 15 is 0 Å². The molecule has 0 amide bonds. The van der Waals surface area contributed by atoms with E-state index in [0.717, 1.165) is 19.3 Å². The summed E-state index contributed by atoms with van der Waals surface area (Å²) in [6.07, 6.45) is 3.11. The standard InChI is InChI=1S/C30H42O4Si/c1-7-27(31)23(2)29(33)24(3)28(32)21-15-10-16-22-34-35(30(4,5)6,25-17-11-8-12-18-25)26-19-13-9-14-20-26/h8-9,11-14,17-20,23-24H,7,10,15-16,21-22H2,1-6H3. The maximum atomic E-state index is 12.5. The summed E-state index contributed by atoms with van der Waals surface area (Å²) >= 11 is 0. The highest BCUT2D eigenvalue weighted by Gasteiger charge is 2.49. The van der Waals surface area contributed by atoms with Crippen LogP contribution in [0.5, 0.6) is 0 Å². The molecule has 190 valence electrons. The quantitative estimate of drug-likeness (QED) is 0.197. The molecule has 0 saturated carbocycles. The molecule has 0 spiro atoms. The first-order valence-electron chi connectivity index (χ1n) is 12.9. The molecule has 0 aliphatic rings. The maximum Gasteiger partial charge on any atom is 0.261 e. The van der Waals surface area contributed by atoms with Gasteiger partial charge in [0.1, 0.15) is 11.6 Å². The van der Waals surface area contributed by atoms with E-state index in [1.54, 1.807) is 20.8 Å². The van der Waals surface area contributed by atoms with Gasteiger partial charge >= 0.3 is 0 Å². The highest BCUT2D eigenvalue weighted by molar-refractivity contribution is 6.99. The number of unbranched alkanes of at least 4 members (excludes halogenated alkanes) is 2. The summed E-state index contributed by atoms with van der Waals surface area (Å²) < 4.78 is 6.89. The Morgan fingerprint density at radius 3 is 1.71 bits per heavy atom. The fourth-order valence-electron chi connectivity index (χ4n) is 4.78. The lowest BCUT2D eigenvalue weighted by Crippen LogP contribution is -2.66. The normalized spacial score (nSPS) is 13.8. The van der Waals surface area contributed by atoms with Crippen molar-refractivity contribution in [3.8, 4) is 0 Å². The van der Waals surface area contributed by atoms with E-state index < -0.39 is 20.2 Å². The largest absolute Gasteiger partial charge is 0.407 e. The Morgan fingerprint density at radius 2 is 1.26 bits per heavy atom. The number of carbonyl (C=O) groups excluding carboxylic acids is 3. The minimum atomic E-state index is -2.53. The number of rotatable bonds is 14. The molecule has 35 heavy (non-hydrogen) atoms. The number of hydrogen-bond donors (Lipinski definition) is 0. The van der Waals surface area contributed by atoms with Gasteiger partial charge in [-0.25, -0.2) is 0 Å². The lowest BCUT2D eigenvalue weighted by Gasteiger charge is -2.43. The Balaban J connectivity index is 2.00. The van der Waals surface area contributed by atoms with Gasteiger partial charge in [0.25, 0.3) is 8.32 Å². The minimum Gasteiger partial charge on any atom is -0.407 e. The predicted molar refractivity (Wildman–Crippen MR) is 146 cm³/mol. The number of ketones is 3. The van der Waals surface area contributed by atoms with Gasteiger partial charge in [0.15, 0.2) is 5.78 Å². The van der Waals surface area contributed by atoms with Crippen molar-refractivity contribution in [1.82, 2.24) is 0 Å². The van der Waals surface area contributed by atoms with Crippen LogP contribution in [0.15, 0.2) is 60.7 Å². The monoisotopic (exact) mass is 494 g/mol. The van der Waals surface area contributed by atoms with Gasteiger partial charge in [-0.05, 0) is 42.1 Å². The van der Waals surface area contributed by atoms with Crippen LogP contribution in [-0.2, 0) is 18.8 Å². The van der Waals surface area contributed by atoms with Gasteiger partial charge < -0.3 is 4.43 Å². The van der Waals surface area contributed by atoms with Crippen molar-refractivity contribution in [1.29, 1.82) is 0 Å². The lowest BCUT2D eigenvalue weighted by atomic mass is 9.87. The summed E-state index contributed by atoms with van der Waals surface area (Å²) in [6, 6.07) is 21.2. The second-order valence-electron chi connectivity index (χ2n) is 10.5. The molecule has 0 bridgehead atoms. The molecule has 0 aliphatic carbocycles. The van der Waals surface area contributed by atoms with Crippen molar-refractivity contribution in [3.05, 3.63) is 60.7 Å². The van der Waals surface area contributed by atoms with Crippen molar-refractivity contribution < 1.29 is 18.8 Å². The molecule has 0 fully saturated rings. The summed E-state index contributed by atoms with van der Waals surface area (Å²) in [7, 11) is -2.53. The van der Waals surface area contributed by atoms with Gasteiger partial charge in [-0.3, -0.25) is 14.4 Å². The number of Topliss-reactive ketones (excluding diaryl/α,β-unsaturated/α-hetero) is 3. The summed E-state index contributed by atoms with van der Waals surface area (Å²) in [4.78, 5) is 36.8. The van der Waals surface area contributed by atoms with Crippen LogP contribution >= 0.6 is 0 Å². The van der Waals surface area contributed by atoms with E-state index in [1.165, 1.54) is 10.4 Å². The molecule has 0 N–H and O–H groups in total. The van der Waals surface area contributed by atoms with Crippen LogP contribution in [0.3, 0.4) is 0 Å². The third-order valence-corrected chi connectivity index (χ3v) is 12.0. The van der Waals surface area contributed by atoms with Crippen LogP contribution in [0.4, 0.5) is 0 Å². The van der Waals surface area contributed by atoms with Gasteiger partial charge in [-0.15, -0.1) is 0 Å². The molecule has 0 heterocycles. The second-order valence-corrected chi connectivity index (χ2v) is 14.8. The minimum absolute atomic E-state index is 0.0614. The van der Waals surface area contributed by atoms with Crippen LogP contribution in [0.1, 0.15) is 73.6 Å². The smallest absolute Gasteiger partial charge is 0.261 e. The number of hydrogen-bond acceptors (Lipinski definition) is 4. The van der Waals surface area contributed by atoms with E-state index in [-0.39, 0.29) is 22.4 Å². The van der Waals surface area contributed by atoms with Gasteiger partial charge in [0.2, 0.25) is 0 Å². The molecule has 0 aromatic heterocycles. The van der Waals surface area contributed by atoms with Gasteiger partial charge in [0, 0.05) is 19.4 Å². The van der Waals surface area contributed by atoms with E-state index in [9.17, 15) is 14.4 Å². The third-order valence-electron chi connectivity index (χ3n) is 6.97. The molecule has 5 heteroatoms. The predicted octanol–water partition coefficient (Wildman–Crippen LogP) is 5.51. The van der Waals surface area contributed by atoms with E-state index in [2.05, 4.69) is 69.3 Å². The summed E-state index contributed by atoms with van der Waals surface area (Å²) in [5.41, 5.74) is 0. The first-order chi connectivity index (χ1) is 16.6. The van der Waals surface area contributed by atoms with Gasteiger partial charge in [-0.2, -0.15) is 0 Å². The van der Waals surface area contributed by atoms with Crippen molar-refractivity contribution in [3.63, 3.8) is 0 Å². The van der Waals surface area contributed by atoms with Crippen LogP contribution in [0, 0.1) is 11.8 Å². The molecule has 2 unspecified atom stereocenters. The van der Waals surface area contributed by atoms with Crippen molar-refractivity contribution in [2.45, 2.75) is 78.7 Å². The number of benzene rings is 2. The molecular formula is C30H42O4Si. The lowest BCUT2D eigenvalue weighted by molar-refractivity contribution is -0.137. The molecule has 0 radical (unpaired) electrons. The Morgan fingerprint density at radius 1 is 0.771 bits per heavy atom. The number of carbonyl (C=O) groups is 3. The second kappa shape index (κ2) is 13.1. The van der Waals surface area contributed by atoms with Crippen molar-refractivity contribution in [2.75, 3.05) is 6.61 Å². The average Bonchev–Trinajstić information content (AvgIpc) is 2.86. The third kappa shape index (κ3) is 7.08. The highest BCUT2D eigenvalue weighted by atomic mass is 28.4. The van der Waals surface area contributed by atoms with Crippen LogP contribution in [-0.4, -0.2) is 32.3 Å². The summed E-state index contributed by atoms with van der Waals surface area (Å²) in [6.45, 7) is 12.4. The fraction of sp³-hybridized carbons (Fsp3) is 0.500. The van der Waals surface area contributed by atoms with Gasteiger partial charge in [0.05, 0.1) is 11.8 Å². The molecule has 0 saturated heterocycles. The first-order valence-corrected chi connectivity index (χ1v) is 14.8. The molecule has 0 aliphatic heterocycles. The van der Waals surface area contributed by atoms with E-state index in [1.807, 2.05) is 12.1 Å². The van der Waals surface area contributed by atoms with E-state index in [0.29, 0.717) is 19.4 Å². The zero-order valence-electron chi connectivity index (χ0n) is 22.3. The SMILES string of the molecule is CCC(=O)C(C)C(=O)C(C)C(=O)CCCCCO[Si](c1ccccc1)(c1ccccc1)C(C)(C)C. The van der Waals surface area contributed by atoms with Crippen LogP contribution in [0.25, 0.3) is 0 Å². The van der Waals surface area contributed by atoms with Crippen LogP contribution in [0.2, 0.25) is 5.04 Å². The fourth-order valence-corrected chi connectivity index (χ4v) is 9.39. The average molecular weight is 495 g/mol. The molecule has 2 atom stereocenters. The molecule has 4 nitrogen and oxygen atoms in total. The summed E-state index contributed by atoms with van der Waals surface area (Å²) in [5, 5.41) is 2.46. The summed E-state index contributed by atoms with van der Waals surface area (Å²) in [5.74, 6) is -1.83. The molecule has 2 aromatic carbocycles. The molecule has 2 aromatic rings. The Hall–Kier alpha value is -2.37. The van der Waals surface area contributed by atoms with Gasteiger partial charge in [-0.1, -0.05) is 94.8 Å². The zero-order valence-corrected chi connectivity index (χ0v) is 23.3. The Labute approximate surface area is 212 Å².